The lowest BCUT2D eigenvalue weighted by Crippen LogP contribution is -2.30. The average Bonchev–Trinajstić information content (AvgIpc) is 3.40. The predicted molar refractivity (Wildman–Crippen MR) is 122 cm³/mol. The van der Waals surface area contributed by atoms with Gasteiger partial charge in [0.1, 0.15) is 11.5 Å². The lowest BCUT2D eigenvalue weighted by molar-refractivity contribution is -0.123. The van der Waals surface area contributed by atoms with Crippen LogP contribution in [0.25, 0.3) is 11.8 Å². The molecule has 3 aromatic rings. The van der Waals surface area contributed by atoms with Gasteiger partial charge in [0.15, 0.2) is 0 Å². The van der Waals surface area contributed by atoms with E-state index in [1.165, 1.54) is 30.4 Å². The number of rotatable bonds is 5. The molecule has 3 amide bonds. The average molecular weight is 447 g/mol. The molecule has 33 heavy (non-hydrogen) atoms. The van der Waals surface area contributed by atoms with E-state index in [1.807, 2.05) is 19.9 Å². The zero-order chi connectivity index (χ0) is 23.9. The quantitative estimate of drug-likeness (QED) is 0.360. The first-order chi connectivity index (χ1) is 15.7. The first-order valence-electron chi connectivity index (χ1n) is 10.5. The number of urea groups is 1. The number of nitrogens with one attached hydrogen (secondary N) is 1. The van der Waals surface area contributed by atoms with Gasteiger partial charge < -0.3 is 19.0 Å². The van der Waals surface area contributed by atoms with Crippen LogP contribution in [0.5, 0.6) is 0 Å². The second-order valence-electron chi connectivity index (χ2n) is 8.14. The summed E-state index contributed by atoms with van der Waals surface area (Å²) in [4.78, 5) is 38.0. The molecule has 0 unspecified atom stereocenters. The molecule has 0 aliphatic carbocycles. The number of benzene rings is 1. The molecule has 8 nitrogen and oxygen atoms in total. The van der Waals surface area contributed by atoms with E-state index in [1.54, 1.807) is 6.08 Å². The summed E-state index contributed by atoms with van der Waals surface area (Å²) < 4.78 is 12.1. The Labute approximate surface area is 191 Å². The Balaban J connectivity index is 1.60. The Morgan fingerprint density at radius 1 is 1.06 bits per heavy atom. The number of methoxy groups -OCH3 is 1. The van der Waals surface area contributed by atoms with E-state index in [2.05, 4.69) is 46.7 Å². The first kappa shape index (κ1) is 22.1. The standard InChI is InChI=1S/C25H25N3O5/c1-14-8-15(2)10-19(9-14)28-16(3)11-18(17(28)4)12-21-23(29)27(25(31)26-21)13-20-6-7-22(33-20)24(30)32-5/h6-12H,13H2,1-5H3,(H,26,31). The van der Waals surface area contributed by atoms with Crippen molar-refractivity contribution in [2.75, 3.05) is 7.11 Å². The number of carbonyl (C=O) groups excluding carboxylic acids is 3. The second-order valence-corrected chi connectivity index (χ2v) is 8.14. The number of esters is 1. The number of hydrogen-bond donors (Lipinski definition) is 1. The maximum Gasteiger partial charge on any atom is 0.373 e. The molecule has 1 aliphatic heterocycles. The Morgan fingerprint density at radius 2 is 1.76 bits per heavy atom. The molecule has 0 atom stereocenters. The van der Waals surface area contributed by atoms with Gasteiger partial charge in [0.2, 0.25) is 5.76 Å². The van der Waals surface area contributed by atoms with Crippen molar-refractivity contribution in [2.24, 2.45) is 0 Å². The highest BCUT2D eigenvalue weighted by molar-refractivity contribution is 6.13. The maximum absolute atomic E-state index is 12.9. The lowest BCUT2D eigenvalue weighted by atomic mass is 10.1. The number of aromatic nitrogens is 1. The molecule has 1 N–H and O–H groups in total. The summed E-state index contributed by atoms with van der Waals surface area (Å²) in [5.41, 5.74) is 6.38. The van der Waals surface area contributed by atoms with Gasteiger partial charge in [-0.15, -0.1) is 0 Å². The van der Waals surface area contributed by atoms with E-state index in [-0.39, 0.29) is 18.0 Å². The van der Waals surface area contributed by atoms with Crippen molar-refractivity contribution >= 4 is 24.0 Å². The highest BCUT2D eigenvalue weighted by Crippen LogP contribution is 2.26. The fourth-order valence-electron chi connectivity index (χ4n) is 4.11. The van der Waals surface area contributed by atoms with Crippen LogP contribution in [0.15, 0.2) is 46.5 Å². The van der Waals surface area contributed by atoms with E-state index >= 15 is 0 Å². The van der Waals surface area contributed by atoms with Crippen LogP contribution in [0.1, 0.15) is 44.4 Å². The summed E-state index contributed by atoms with van der Waals surface area (Å²) in [5.74, 6) is -0.785. The van der Waals surface area contributed by atoms with E-state index in [9.17, 15) is 14.4 Å². The number of carbonyl (C=O) groups is 3. The van der Waals surface area contributed by atoms with E-state index in [0.29, 0.717) is 5.76 Å². The van der Waals surface area contributed by atoms with Gasteiger partial charge in [0, 0.05) is 17.1 Å². The topological polar surface area (TPSA) is 93.8 Å². The molecular weight excluding hydrogens is 422 g/mol. The minimum atomic E-state index is -0.627. The number of aryl methyl sites for hydroxylation is 3. The summed E-state index contributed by atoms with van der Waals surface area (Å²) in [7, 11) is 1.25. The van der Waals surface area contributed by atoms with Gasteiger partial charge >= 0.3 is 12.0 Å². The number of ether oxygens (including phenoxy) is 1. The summed E-state index contributed by atoms with van der Waals surface area (Å²) in [6.07, 6.45) is 1.68. The monoisotopic (exact) mass is 447 g/mol. The Bertz CT molecular complexity index is 1290. The molecule has 0 radical (unpaired) electrons. The molecule has 0 spiro atoms. The van der Waals surface area contributed by atoms with Gasteiger partial charge in [0.05, 0.1) is 13.7 Å². The van der Waals surface area contributed by atoms with Crippen LogP contribution < -0.4 is 5.32 Å². The van der Waals surface area contributed by atoms with Crippen LogP contribution in [-0.4, -0.2) is 34.5 Å². The number of imide groups is 1. The summed E-state index contributed by atoms with van der Waals surface area (Å²) in [6, 6.07) is 10.8. The summed E-state index contributed by atoms with van der Waals surface area (Å²) >= 11 is 0. The molecule has 0 saturated carbocycles. The number of amides is 3. The molecular formula is C25H25N3O5. The van der Waals surface area contributed by atoms with Crippen LogP contribution in [0.4, 0.5) is 4.79 Å². The fourth-order valence-corrected chi connectivity index (χ4v) is 4.11. The highest BCUT2D eigenvalue weighted by atomic mass is 16.5. The van der Waals surface area contributed by atoms with Crippen LogP contribution in [0.3, 0.4) is 0 Å². The normalized spacial score (nSPS) is 14.8. The Morgan fingerprint density at radius 3 is 2.42 bits per heavy atom. The van der Waals surface area contributed by atoms with Crippen molar-refractivity contribution < 1.29 is 23.5 Å². The molecule has 4 rings (SSSR count). The number of hydrogen-bond acceptors (Lipinski definition) is 5. The zero-order valence-corrected chi connectivity index (χ0v) is 19.2. The molecule has 1 fully saturated rings. The molecule has 0 bridgehead atoms. The summed E-state index contributed by atoms with van der Waals surface area (Å²) in [5, 5.41) is 2.63. The SMILES string of the molecule is COC(=O)c1ccc(CN2C(=O)NC(=Cc3cc(C)n(-c4cc(C)cc(C)c4)c3C)C2=O)o1. The molecule has 2 aromatic heterocycles. The molecule has 1 saturated heterocycles. The van der Waals surface area contributed by atoms with Gasteiger partial charge in [-0.1, -0.05) is 6.07 Å². The fraction of sp³-hybridized carbons (Fsp3) is 0.240. The van der Waals surface area contributed by atoms with Crippen LogP contribution in [0, 0.1) is 27.7 Å². The van der Waals surface area contributed by atoms with Gasteiger partial charge in [0.25, 0.3) is 5.91 Å². The Kier molecular flexibility index (Phi) is 5.68. The van der Waals surface area contributed by atoms with Gasteiger partial charge in [-0.05, 0) is 80.8 Å². The summed E-state index contributed by atoms with van der Waals surface area (Å²) in [6.45, 7) is 8.00. The third kappa shape index (κ3) is 4.19. The molecule has 3 heterocycles. The van der Waals surface area contributed by atoms with E-state index in [4.69, 9.17) is 4.42 Å². The van der Waals surface area contributed by atoms with Gasteiger partial charge in [-0.3, -0.25) is 9.69 Å². The smallest absolute Gasteiger partial charge is 0.373 e. The predicted octanol–water partition coefficient (Wildman–Crippen LogP) is 4.18. The molecule has 1 aromatic carbocycles. The van der Waals surface area contributed by atoms with Crippen LogP contribution >= 0.6 is 0 Å². The molecule has 1 aliphatic rings. The zero-order valence-electron chi connectivity index (χ0n) is 19.2. The third-order valence-electron chi connectivity index (χ3n) is 5.56. The number of nitrogens with zero attached hydrogens (tertiary/aromatic N) is 2. The van der Waals surface area contributed by atoms with Crippen molar-refractivity contribution in [1.82, 2.24) is 14.8 Å². The molecule has 170 valence electrons. The molecule has 8 heteroatoms. The second kappa shape index (κ2) is 8.46. The first-order valence-corrected chi connectivity index (χ1v) is 10.5. The highest BCUT2D eigenvalue weighted by Gasteiger charge is 2.34. The largest absolute Gasteiger partial charge is 0.463 e. The van der Waals surface area contributed by atoms with Gasteiger partial charge in [-0.2, -0.15) is 0 Å². The van der Waals surface area contributed by atoms with Crippen molar-refractivity contribution in [3.8, 4) is 5.69 Å². The Hall–Kier alpha value is -4.07. The van der Waals surface area contributed by atoms with Crippen molar-refractivity contribution in [3.05, 3.63) is 81.7 Å². The van der Waals surface area contributed by atoms with Crippen LogP contribution in [-0.2, 0) is 16.1 Å². The lowest BCUT2D eigenvalue weighted by Gasteiger charge is -2.12. The number of furan rings is 1. The van der Waals surface area contributed by atoms with E-state index < -0.39 is 17.9 Å². The van der Waals surface area contributed by atoms with Crippen molar-refractivity contribution in [1.29, 1.82) is 0 Å². The minimum absolute atomic E-state index is 0.00847. The van der Waals surface area contributed by atoms with Gasteiger partial charge in [-0.25, -0.2) is 9.59 Å². The van der Waals surface area contributed by atoms with E-state index in [0.717, 1.165) is 27.5 Å². The van der Waals surface area contributed by atoms with Crippen LogP contribution in [0.2, 0.25) is 0 Å². The third-order valence-corrected chi connectivity index (χ3v) is 5.56. The maximum atomic E-state index is 12.9. The minimum Gasteiger partial charge on any atom is -0.463 e. The van der Waals surface area contributed by atoms with Crippen molar-refractivity contribution in [3.63, 3.8) is 0 Å². The van der Waals surface area contributed by atoms with Crippen molar-refractivity contribution in [2.45, 2.75) is 34.2 Å².